The van der Waals surface area contributed by atoms with E-state index in [1.54, 1.807) is 6.20 Å². The zero-order valence-electron chi connectivity index (χ0n) is 18.9. The van der Waals surface area contributed by atoms with Crippen molar-refractivity contribution in [3.05, 3.63) is 84.2 Å². The van der Waals surface area contributed by atoms with Gasteiger partial charge in [0.05, 0.1) is 11.3 Å². The Labute approximate surface area is 200 Å². The predicted molar refractivity (Wildman–Crippen MR) is 127 cm³/mol. The zero-order chi connectivity index (χ0) is 24.4. The van der Waals surface area contributed by atoms with Gasteiger partial charge in [0.15, 0.2) is 5.82 Å². The Morgan fingerprint density at radius 1 is 1.03 bits per heavy atom. The molecule has 1 aliphatic heterocycles. The van der Waals surface area contributed by atoms with Gasteiger partial charge in [0.1, 0.15) is 5.52 Å². The number of carbonyl (C=O) groups excluding carboxylic acids is 1. The molecule has 0 spiro atoms. The van der Waals surface area contributed by atoms with Crippen molar-refractivity contribution >= 4 is 17.2 Å². The maximum atomic E-state index is 12.7. The van der Waals surface area contributed by atoms with Crippen LogP contribution in [0.2, 0.25) is 0 Å². The number of nitrogens with zero attached hydrogens (tertiary/aromatic N) is 4. The Morgan fingerprint density at radius 3 is 2.43 bits per heavy atom. The fraction of sp³-hybridized carbons (Fsp3) is 0.269. The number of nitrogens with one attached hydrogen (secondary N) is 1. The van der Waals surface area contributed by atoms with Crippen LogP contribution in [0.3, 0.4) is 0 Å². The standard InChI is InChI=1S/C26H24F3N5O/c27-26(28,29)21-8-6-18(7-9-21)17-31-25(35)20-10-13-33(14-11-20)24-23-16-22(19-4-2-1-3-5-19)32-34(23)15-12-30-24/h1-9,12,15-16,20H,10-11,13-14,17H2,(H,31,35). The van der Waals surface area contributed by atoms with Crippen molar-refractivity contribution < 1.29 is 18.0 Å². The van der Waals surface area contributed by atoms with Crippen LogP contribution in [-0.2, 0) is 17.5 Å². The predicted octanol–water partition coefficient (Wildman–Crippen LogP) is 4.95. The fourth-order valence-electron chi connectivity index (χ4n) is 4.40. The molecule has 1 fully saturated rings. The van der Waals surface area contributed by atoms with Gasteiger partial charge in [0.25, 0.3) is 0 Å². The average molecular weight is 480 g/mol. The maximum absolute atomic E-state index is 12.7. The second-order valence-electron chi connectivity index (χ2n) is 8.65. The van der Waals surface area contributed by atoms with Crippen molar-refractivity contribution in [2.24, 2.45) is 5.92 Å². The fourth-order valence-corrected chi connectivity index (χ4v) is 4.40. The highest BCUT2D eigenvalue weighted by atomic mass is 19.4. The number of alkyl halides is 3. The number of anilines is 1. The van der Waals surface area contributed by atoms with Gasteiger partial charge in [-0.15, -0.1) is 0 Å². The lowest BCUT2D eigenvalue weighted by molar-refractivity contribution is -0.137. The van der Waals surface area contributed by atoms with Crippen LogP contribution in [0.25, 0.3) is 16.8 Å². The normalized spacial score (nSPS) is 14.9. The summed E-state index contributed by atoms with van der Waals surface area (Å²) in [6.07, 6.45) is 0.525. The van der Waals surface area contributed by atoms with Gasteiger partial charge < -0.3 is 10.2 Å². The Balaban J connectivity index is 1.20. The first kappa shape index (κ1) is 22.9. The quantitative estimate of drug-likeness (QED) is 0.440. The molecule has 0 radical (unpaired) electrons. The number of halogens is 3. The number of rotatable bonds is 5. The summed E-state index contributed by atoms with van der Waals surface area (Å²) in [4.78, 5) is 19.4. The summed E-state index contributed by atoms with van der Waals surface area (Å²) in [7, 11) is 0. The molecule has 1 amide bonds. The summed E-state index contributed by atoms with van der Waals surface area (Å²) >= 11 is 0. The summed E-state index contributed by atoms with van der Waals surface area (Å²) in [5.74, 6) is 0.613. The van der Waals surface area contributed by atoms with E-state index >= 15 is 0 Å². The van der Waals surface area contributed by atoms with Crippen LogP contribution in [0, 0.1) is 5.92 Å². The van der Waals surface area contributed by atoms with Crippen LogP contribution in [0.15, 0.2) is 73.1 Å². The van der Waals surface area contributed by atoms with Crippen LogP contribution in [0.1, 0.15) is 24.0 Å². The van der Waals surface area contributed by atoms with Gasteiger partial charge in [-0.3, -0.25) is 4.79 Å². The molecule has 0 atom stereocenters. The first-order chi connectivity index (χ1) is 16.9. The molecule has 1 saturated heterocycles. The molecule has 1 aliphatic rings. The Hall–Kier alpha value is -3.88. The molecule has 2 aromatic heterocycles. The number of carbonyl (C=O) groups is 1. The van der Waals surface area contributed by atoms with Crippen molar-refractivity contribution in [2.75, 3.05) is 18.0 Å². The average Bonchev–Trinajstić information content (AvgIpc) is 3.32. The molecule has 35 heavy (non-hydrogen) atoms. The summed E-state index contributed by atoms with van der Waals surface area (Å²) < 4.78 is 40.0. The van der Waals surface area contributed by atoms with Crippen LogP contribution in [0.4, 0.5) is 19.0 Å². The van der Waals surface area contributed by atoms with Gasteiger partial charge in [0.2, 0.25) is 5.91 Å². The molecule has 3 heterocycles. The van der Waals surface area contributed by atoms with Gasteiger partial charge >= 0.3 is 6.18 Å². The zero-order valence-corrected chi connectivity index (χ0v) is 18.9. The van der Waals surface area contributed by atoms with E-state index < -0.39 is 11.7 Å². The Morgan fingerprint density at radius 2 is 1.74 bits per heavy atom. The molecule has 6 nitrogen and oxygen atoms in total. The molecule has 0 unspecified atom stereocenters. The van der Waals surface area contributed by atoms with E-state index in [0.717, 1.165) is 34.7 Å². The van der Waals surface area contributed by atoms with E-state index in [2.05, 4.69) is 20.3 Å². The summed E-state index contributed by atoms with van der Waals surface area (Å²) in [6.45, 7) is 1.56. The third-order valence-electron chi connectivity index (χ3n) is 6.35. The molecule has 0 bridgehead atoms. The summed E-state index contributed by atoms with van der Waals surface area (Å²) in [5, 5.41) is 7.54. The van der Waals surface area contributed by atoms with Gasteiger partial charge in [-0.25, -0.2) is 9.50 Å². The SMILES string of the molecule is O=C(NCc1ccc(C(F)(F)F)cc1)C1CCN(c2nccn3nc(-c4ccccc4)cc23)CC1. The van der Waals surface area contributed by atoms with Crippen molar-refractivity contribution in [1.29, 1.82) is 0 Å². The summed E-state index contributed by atoms with van der Waals surface area (Å²) in [5.41, 5.74) is 2.76. The van der Waals surface area contributed by atoms with E-state index in [-0.39, 0.29) is 18.4 Å². The Kier molecular flexibility index (Phi) is 6.15. The van der Waals surface area contributed by atoms with E-state index in [4.69, 9.17) is 0 Å². The van der Waals surface area contributed by atoms with Crippen LogP contribution in [0.5, 0.6) is 0 Å². The molecule has 4 aromatic rings. The second kappa shape index (κ2) is 9.40. The van der Waals surface area contributed by atoms with Gasteiger partial charge in [-0.2, -0.15) is 18.3 Å². The van der Waals surface area contributed by atoms with Crippen molar-refractivity contribution in [2.45, 2.75) is 25.6 Å². The highest BCUT2D eigenvalue weighted by Gasteiger charge is 2.30. The van der Waals surface area contributed by atoms with Crippen LogP contribution < -0.4 is 10.2 Å². The second-order valence-corrected chi connectivity index (χ2v) is 8.65. The lowest BCUT2D eigenvalue weighted by Crippen LogP contribution is -2.40. The number of hydrogen-bond acceptors (Lipinski definition) is 4. The van der Waals surface area contributed by atoms with Gasteiger partial charge in [-0.1, -0.05) is 42.5 Å². The minimum absolute atomic E-state index is 0.0774. The van der Waals surface area contributed by atoms with Gasteiger partial charge in [0, 0.05) is 43.5 Å². The lowest BCUT2D eigenvalue weighted by Gasteiger charge is -2.32. The highest BCUT2D eigenvalue weighted by Crippen LogP contribution is 2.30. The molecule has 0 aliphatic carbocycles. The smallest absolute Gasteiger partial charge is 0.355 e. The number of fused-ring (bicyclic) bond motifs is 1. The molecule has 9 heteroatoms. The molecule has 2 aromatic carbocycles. The van der Waals surface area contributed by atoms with E-state index in [1.165, 1.54) is 12.1 Å². The molecule has 1 N–H and O–H groups in total. The molecule has 180 valence electrons. The minimum atomic E-state index is -4.37. The molecule has 5 rings (SSSR count). The monoisotopic (exact) mass is 479 g/mol. The Bertz CT molecular complexity index is 1310. The third kappa shape index (κ3) is 4.99. The number of hydrogen-bond donors (Lipinski definition) is 1. The molecular weight excluding hydrogens is 455 g/mol. The largest absolute Gasteiger partial charge is 0.416 e. The number of amides is 1. The lowest BCUT2D eigenvalue weighted by atomic mass is 9.95. The maximum Gasteiger partial charge on any atom is 0.416 e. The highest BCUT2D eigenvalue weighted by molar-refractivity contribution is 5.79. The van der Waals surface area contributed by atoms with E-state index in [9.17, 15) is 18.0 Å². The topological polar surface area (TPSA) is 62.5 Å². The first-order valence-corrected chi connectivity index (χ1v) is 11.5. The van der Waals surface area contributed by atoms with Crippen LogP contribution in [-0.4, -0.2) is 33.6 Å². The minimum Gasteiger partial charge on any atom is -0.355 e. The molecule has 0 saturated carbocycles. The van der Waals surface area contributed by atoms with E-state index in [0.29, 0.717) is 31.5 Å². The number of benzene rings is 2. The molecular formula is C26H24F3N5O. The van der Waals surface area contributed by atoms with Crippen molar-refractivity contribution in [3.63, 3.8) is 0 Å². The van der Waals surface area contributed by atoms with Gasteiger partial charge in [-0.05, 0) is 36.6 Å². The first-order valence-electron chi connectivity index (χ1n) is 11.5. The van der Waals surface area contributed by atoms with E-state index in [1.807, 2.05) is 47.1 Å². The van der Waals surface area contributed by atoms with Crippen molar-refractivity contribution in [3.8, 4) is 11.3 Å². The number of aromatic nitrogens is 3. The van der Waals surface area contributed by atoms with Crippen LogP contribution >= 0.6 is 0 Å². The van der Waals surface area contributed by atoms with Crippen molar-refractivity contribution in [1.82, 2.24) is 19.9 Å². The third-order valence-corrected chi connectivity index (χ3v) is 6.35. The number of piperidine rings is 1. The summed E-state index contributed by atoms with van der Waals surface area (Å²) in [6, 6.07) is 16.9.